The van der Waals surface area contributed by atoms with Gasteiger partial charge in [-0.3, -0.25) is 4.79 Å². The Morgan fingerprint density at radius 2 is 2.11 bits per heavy atom. The standard InChI is InChI=1S/C13H12BrNO2S/c1-2-17-12(16)7-11-8-18-13(15-11)9-3-5-10(14)6-4-9/h3-6,8H,2,7H2,1H3. The molecule has 1 aromatic carbocycles. The minimum absolute atomic E-state index is 0.231. The van der Waals surface area contributed by atoms with Gasteiger partial charge >= 0.3 is 5.97 Å². The molecule has 1 aromatic heterocycles. The molecule has 0 radical (unpaired) electrons. The summed E-state index contributed by atoms with van der Waals surface area (Å²) in [4.78, 5) is 15.8. The molecule has 0 atom stereocenters. The Bertz CT molecular complexity index is 536. The van der Waals surface area contributed by atoms with Crippen LogP contribution in [-0.2, 0) is 16.0 Å². The lowest BCUT2D eigenvalue weighted by atomic mass is 10.2. The molecule has 3 nitrogen and oxygen atoms in total. The first-order chi connectivity index (χ1) is 8.69. The molecule has 0 fully saturated rings. The van der Waals surface area contributed by atoms with Gasteiger partial charge in [-0.05, 0) is 19.1 Å². The maximum Gasteiger partial charge on any atom is 0.311 e. The molecule has 2 rings (SSSR count). The van der Waals surface area contributed by atoms with E-state index in [1.807, 2.05) is 29.6 Å². The second kappa shape index (κ2) is 6.11. The number of carbonyl (C=O) groups excluding carboxylic acids is 1. The molecule has 0 aliphatic rings. The van der Waals surface area contributed by atoms with E-state index >= 15 is 0 Å². The molecule has 2 aromatic rings. The highest BCUT2D eigenvalue weighted by atomic mass is 79.9. The first kappa shape index (κ1) is 13.2. The molecule has 0 N–H and O–H groups in total. The highest BCUT2D eigenvalue weighted by molar-refractivity contribution is 9.10. The third-order valence-electron chi connectivity index (χ3n) is 2.27. The van der Waals surface area contributed by atoms with Gasteiger partial charge in [0.05, 0.1) is 18.7 Å². The Labute approximate surface area is 118 Å². The van der Waals surface area contributed by atoms with Gasteiger partial charge < -0.3 is 4.74 Å². The van der Waals surface area contributed by atoms with Crippen LogP contribution < -0.4 is 0 Å². The predicted molar refractivity (Wildman–Crippen MR) is 75.6 cm³/mol. The average molecular weight is 326 g/mol. The SMILES string of the molecule is CCOC(=O)Cc1csc(-c2ccc(Br)cc2)n1. The Balaban J connectivity index is 2.10. The van der Waals surface area contributed by atoms with Crippen molar-refractivity contribution in [2.24, 2.45) is 0 Å². The van der Waals surface area contributed by atoms with Crippen LogP contribution in [0.25, 0.3) is 10.6 Å². The Kier molecular flexibility index (Phi) is 4.49. The Hall–Kier alpha value is -1.20. The van der Waals surface area contributed by atoms with Crippen molar-refractivity contribution >= 4 is 33.2 Å². The van der Waals surface area contributed by atoms with Gasteiger partial charge in [0.1, 0.15) is 5.01 Å². The van der Waals surface area contributed by atoms with Crippen LogP contribution >= 0.6 is 27.3 Å². The molecular formula is C13H12BrNO2S. The topological polar surface area (TPSA) is 39.2 Å². The molecule has 0 aliphatic carbocycles. The molecule has 0 saturated carbocycles. The number of carbonyl (C=O) groups is 1. The third-order valence-corrected chi connectivity index (χ3v) is 3.74. The summed E-state index contributed by atoms with van der Waals surface area (Å²) in [6.45, 7) is 2.20. The van der Waals surface area contributed by atoms with Crippen molar-refractivity contribution in [2.75, 3.05) is 6.61 Å². The largest absolute Gasteiger partial charge is 0.466 e. The lowest BCUT2D eigenvalue weighted by molar-refractivity contribution is -0.142. The molecule has 0 spiro atoms. The lowest BCUT2D eigenvalue weighted by Crippen LogP contribution is -2.07. The van der Waals surface area contributed by atoms with Gasteiger partial charge in [-0.1, -0.05) is 28.1 Å². The molecule has 18 heavy (non-hydrogen) atoms. The summed E-state index contributed by atoms with van der Waals surface area (Å²) >= 11 is 4.93. The Morgan fingerprint density at radius 3 is 2.78 bits per heavy atom. The average Bonchev–Trinajstić information content (AvgIpc) is 2.78. The van der Waals surface area contributed by atoms with Gasteiger partial charge in [0, 0.05) is 15.4 Å². The fourth-order valence-corrected chi connectivity index (χ4v) is 2.56. The summed E-state index contributed by atoms with van der Waals surface area (Å²) in [5, 5.41) is 2.82. The zero-order valence-corrected chi connectivity index (χ0v) is 12.3. The van der Waals surface area contributed by atoms with Gasteiger partial charge in [0.2, 0.25) is 0 Å². The van der Waals surface area contributed by atoms with Crippen LogP contribution in [0, 0.1) is 0 Å². The number of rotatable bonds is 4. The summed E-state index contributed by atoms with van der Waals surface area (Å²) in [7, 11) is 0. The monoisotopic (exact) mass is 325 g/mol. The normalized spacial score (nSPS) is 10.3. The molecule has 94 valence electrons. The van der Waals surface area contributed by atoms with E-state index in [4.69, 9.17) is 4.74 Å². The van der Waals surface area contributed by atoms with E-state index in [-0.39, 0.29) is 12.4 Å². The maximum absolute atomic E-state index is 11.3. The van der Waals surface area contributed by atoms with Gasteiger partial charge in [-0.2, -0.15) is 0 Å². The number of aromatic nitrogens is 1. The molecule has 5 heteroatoms. The van der Waals surface area contributed by atoms with E-state index in [9.17, 15) is 4.79 Å². The van der Waals surface area contributed by atoms with E-state index in [1.54, 1.807) is 6.92 Å². The molecule has 0 amide bonds. The van der Waals surface area contributed by atoms with Gasteiger partial charge in [0.25, 0.3) is 0 Å². The molecule has 1 heterocycles. The number of benzene rings is 1. The van der Waals surface area contributed by atoms with Crippen LogP contribution in [-0.4, -0.2) is 17.6 Å². The summed E-state index contributed by atoms with van der Waals surface area (Å²) in [5.41, 5.74) is 1.81. The zero-order valence-electron chi connectivity index (χ0n) is 9.85. The second-order valence-electron chi connectivity index (χ2n) is 3.63. The first-order valence-electron chi connectivity index (χ1n) is 5.55. The van der Waals surface area contributed by atoms with Crippen LogP contribution in [0.5, 0.6) is 0 Å². The van der Waals surface area contributed by atoms with Crippen molar-refractivity contribution in [2.45, 2.75) is 13.3 Å². The number of nitrogens with zero attached hydrogens (tertiary/aromatic N) is 1. The quantitative estimate of drug-likeness (QED) is 0.805. The molecule has 0 bridgehead atoms. The summed E-state index contributed by atoms with van der Waals surface area (Å²) < 4.78 is 5.93. The highest BCUT2D eigenvalue weighted by Gasteiger charge is 2.09. The van der Waals surface area contributed by atoms with Crippen LogP contribution in [0.4, 0.5) is 0 Å². The van der Waals surface area contributed by atoms with Crippen molar-refractivity contribution in [1.29, 1.82) is 0 Å². The number of hydrogen-bond acceptors (Lipinski definition) is 4. The van der Waals surface area contributed by atoms with Crippen molar-refractivity contribution in [3.05, 3.63) is 39.8 Å². The van der Waals surface area contributed by atoms with Gasteiger partial charge in [-0.25, -0.2) is 4.98 Å². The predicted octanol–water partition coefficient (Wildman–Crippen LogP) is 3.68. The van der Waals surface area contributed by atoms with Crippen LogP contribution in [0.15, 0.2) is 34.1 Å². The van der Waals surface area contributed by atoms with Crippen molar-refractivity contribution in [3.8, 4) is 10.6 Å². The van der Waals surface area contributed by atoms with Crippen LogP contribution in [0.1, 0.15) is 12.6 Å². The fraction of sp³-hybridized carbons (Fsp3) is 0.231. The van der Waals surface area contributed by atoms with Crippen molar-refractivity contribution < 1.29 is 9.53 Å². The maximum atomic E-state index is 11.3. The second-order valence-corrected chi connectivity index (χ2v) is 5.41. The number of esters is 1. The first-order valence-corrected chi connectivity index (χ1v) is 7.22. The number of ether oxygens (including phenoxy) is 1. The summed E-state index contributed by atoms with van der Waals surface area (Å²) in [5.74, 6) is -0.231. The van der Waals surface area contributed by atoms with Crippen molar-refractivity contribution in [3.63, 3.8) is 0 Å². The smallest absolute Gasteiger partial charge is 0.311 e. The molecule has 0 aliphatic heterocycles. The van der Waals surface area contributed by atoms with E-state index in [1.165, 1.54) is 11.3 Å². The van der Waals surface area contributed by atoms with E-state index in [0.29, 0.717) is 6.61 Å². The zero-order chi connectivity index (χ0) is 13.0. The van der Waals surface area contributed by atoms with Gasteiger partial charge in [0.15, 0.2) is 0 Å². The summed E-state index contributed by atoms with van der Waals surface area (Å²) in [6.07, 6.45) is 0.237. The van der Waals surface area contributed by atoms with Crippen LogP contribution in [0.3, 0.4) is 0 Å². The fourth-order valence-electron chi connectivity index (χ4n) is 1.47. The van der Waals surface area contributed by atoms with Crippen molar-refractivity contribution in [1.82, 2.24) is 4.98 Å². The summed E-state index contributed by atoms with van der Waals surface area (Å²) in [6, 6.07) is 7.94. The molecule has 0 unspecified atom stereocenters. The minimum Gasteiger partial charge on any atom is -0.466 e. The number of thiazole rings is 1. The lowest BCUT2D eigenvalue weighted by Gasteiger charge is -1.98. The number of hydrogen-bond donors (Lipinski definition) is 0. The Morgan fingerprint density at radius 1 is 1.39 bits per heavy atom. The third kappa shape index (κ3) is 3.40. The molecular weight excluding hydrogens is 314 g/mol. The van der Waals surface area contributed by atoms with E-state index < -0.39 is 0 Å². The number of halogens is 1. The molecule has 0 saturated heterocycles. The highest BCUT2D eigenvalue weighted by Crippen LogP contribution is 2.25. The van der Waals surface area contributed by atoms with E-state index in [0.717, 1.165) is 20.7 Å². The van der Waals surface area contributed by atoms with Crippen LogP contribution in [0.2, 0.25) is 0 Å². The van der Waals surface area contributed by atoms with E-state index in [2.05, 4.69) is 20.9 Å². The van der Waals surface area contributed by atoms with Gasteiger partial charge in [-0.15, -0.1) is 11.3 Å². The minimum atomic E-state index is -0.231.